The van der Waals surface area contributed by atoms with Gasteiger partial charge in [0.05, 0.1) is 11.3 Å². The maximum atomic E-state index is 13.0. The molecule has 0 radical (unpaired) electrons. The van der Waals surface area contributed by atoms with Crippen LogP contribution >= 0.6 is 11.6 Å². The van der Waals surface area contributed by atoms with Gasteiger partial charge in [0.15, 0.2) is 0 Å². The van der Waals surface area contributed by atoms with Gasteiger partial charge in [-0.3, -0.25) is 9.59 Å². The maximum Gasteiger partial charge on any atom is 0.343 e. The van der Waals surface area contributed by atoms with Gasteiger partial charge in [0.2, 0.25) is 0 Å². The Morgan fingerprint density at radius 1 is 0.775 bits per heavy atom. The molecule has 1 aliphatic heterocycles. The molecule has 0 fully saturated rings. The van der Waals surface area contributed by atoms with Gasteiger partial charge in [-0.05, 0) is 78.2 Å². The minimum absolute atomic E-state index is 0.0314. The Kier molecular flexibility index (Phi) is 7.94. The molecule has 4 aromatic rings. The van der Waals surface area contributed by atoms with Crippen molar-refractivity contribution in [1.82, 2.24) is 0 Å². The number of nitrogens with zero attached hydrogens (tertiary/aromatic N) is 1. The maximum absolute atomic E-state index is 13.0. The number of anilines is 2. The number of carbonyl (C=O) groups excluding carboxylic acids is 3. The third kappa shape index (κ3) is 5.90. The van der Waals surface area contributed by atoms with Crippen LogP contribution in [0.15, 0.2) is 114 Å². The summed E-state index contributed by atoms with van der Waals surface area (Å²) in [7, 11) is 0. The number of nitrogens with one attached hydrogen (secondary N) is 1. The fourth-order valence-electron chi connectivity index (χ4n) is 4.07. The predicted molar refractivity (Wildman–Crippen MR) is 153 cm³/mol. The topological polar surface area (TPSA) is 84.9 Å². The molecule has 0 bridgehead atoms. The molecule has 200 valence electrons. The van der Waals surface area contributed by atoms with Crippen molar-refractivity contribution in [2.45, 2.75) is 20.0 Å². The first-order chi connectivity index (χ1) is 19.4. The molecular weight excluding hydrogens is 528 g/mol. The summed E-state index contributed by atoms with van der Waals surface area (Å²) in [6, 6.07) is 30.1. The van der Waals surface area contributed by atoms with E-state index in [1.165, 1.54) is 0 Å². The zero-order valence-corrected chi connectivity index (χ0v) is 22.4. The second-order valence-corrected chi connectivity index (χ2v) is 9.37. The summed E-state index contributed by atoms with van der Waals surface area (Å²) in [6.07, 6.45) is 0.841. The highest BCUT2D eigenvalue weighted by Crippen LogP contribution is 2.30. The number of imide groups is 1. The van der Waals surface area contributed by atoms with Gasteiger partial charge >= 0.3 is 5.97 Å². The number of esters is 1. The molecule has 0 aliphatic carbocycles. The summed E-state index contributed by atoms with van der Waals surface area (Å²) in [5, 5.41) is 2.70. The standard InChI is InChI=1S/C32H25ClN2O5/c1-2-21-8-14-25(15-9-21)35-30(36)28(33)29(31(35)37)34-24-12-10-23(11-13-24)32(38)40-27-18-16-26(17-19-27)39-20-22-6-4-3-5-7-22/h3-19,34H,2,20H2,1H3. The molecule has 5 rings (SSSR count). The van der Waals surface area contributed by atoms with Crippen LogP contribution in [0.5, 0.6) is 11.5 Å². The Balaban J connectivity index is 1.19. The van der Waals surface area contributed by atoms with E-state index < -0.39 is 17.8 Å². The zero-order valence-electron chi connectivity index (χ0n) is 21.6. The summed E-state index contributed by atoms with van der Waals surface area (Å²) in [6.45, 7) is 2.46. The number of ether oxygens (including phenoxy) is 2. The van der Waals surface area contributed by atoms with Gasteiger partial charge in [-0.1, -0.05) is 61.0 Å². The highest BCUT2D eigenvalue weighted by Gasteiger charge is 2.38. The van der Waals surface area contributed by atoms with E-state index in [9.17, 15) is 14.4 Å². The first-order valence-electron chi connectivity index (χ1n) is 12.7. The molecule has 0 unspecified atom stereocenters. The average molecular weight is 553 g/mol. The number of hydrogen-bond donors (Lipinski definition) is 1. The Bertz CT molecular complexity index is 1560. The van der Waals surface area contributed by atoms with E-state index >= 15 is 0 Å². The number of rotatable bonds is 9. The molecular formula is C32H25ClN2O5. The molecule has 1 N–H and O–H groups in total. The van der Waals surface area contributed by atoms with E-state index in [1.54, 1.807) is 60.7 Å². The summed E-state index contributed by atoms with van der Waals surface area (Å²) < 4.78 is 11.2. The van der Waals surface area contributed by atoms with Crippen molar-refractivity contribution in [1.29, 1.82) is 0 Å². The van der Waals surface area contributed by atoms with Crippen LogP contribution in [0.25, 0.3) is 0 Å². The van der Waals surface area contributed by atoms with E-state index in [0.717, 1.165) is 22.4 Å². The lowest BCUT2D eigenvalue weighted by molar-refractivity contribution is -0.120. The lowest BCUT2D eigenvalue weighted by atomic mass is 10.1. The molecule has 8 heteroatoms. The minimum atomic E-state index is -0.602. The average Bonchev–Trinajstić information content (AvgIpc) is 3.20. The van der Waals surface area contributed by atoms with Crippen LogP contribution in [0.4, 0.5) is 11.4 Å². The molecule has 0 saturated carbocycles. The first kappa shape index (κ1) is 26.7. The molecule has 4 aromatic carbocycles. The van der Waals surface area contributed by atoms with Crippen LogP contribution in [0, 0.1) is 0 Å². The van der Waals surface area contributed by atoms with Crippen molar-refractivity contribution in [3.05, 3.63) is 131 Å². The Hall–Kier alpha value is -4.88. The highest BCUT2D eigenvalue weighted by atomic mass is 35.5. The van der Waals surface area contributed by atoms with E-state index in [-0.39, 0.29) is 10.7 Å². The van der Waals surface area contributed by atoms with Crippen LogP contribution in [0.3, 0.4) is 0 Å². The molecule has 1 heterocycles. The normalized spacial score (nSPS) is 13.0. The second kappa shape index (κ2) is 11.9. The number of hydrogen-bond acceptors (Lipinski definition) is 6. The van der Waals surface area contributed by atoms with Gasteiger partial charge in [-0.2, -0.15) is 0 Å². The van der Waals surface area contributed by atoms with E-state index in [0.29, 0.717) is 35.0 Å². The fourth-order valence-corrected chi connectivity index (χ4v) is 4.28. The molecule has 40 heavy (non-hydrogen) atoms. The lowest BCUT2D eigenvalue weighted by Gasteiger charge is -2.15. The van der Waals surface area contributed by atoms with Crippen molar-refractivity contribution >= 4 is 40.8 Å². The third-order valence-electron chi connectivity index (χ3n) is 6.30. The number of aryl methyl sites for hydroxylation is 1. The van der Waals surface area contributed by atoms with Crippen LogP contribution in [-0.4, -0.2) is 17.8 Å². The van der Waals surface area contributed by atoms with Gasteiger partial charge in [0.1, 0.15) is 28.8 Å². The van der Waals surface area contributed by atoms with E-state index in [1.807, 2.05) is 49.4 Å². The number of amides is 2. The van der Waals surface area contributed by atoms with Gasteiger partial charge in [-0.25, -0.2) is 9.69 Å². The van der Waals surface area contributed by atoms with E-state index in [2.05, 4.69) is 5.32 Å². The van der Waals surface area contributed by atoms with Gasteiger partial charge in [0.25, 0.3) is 11.8 Å². The van der Waals surface area contributed by atoms with Crippen LogP contribution in [-0.2, 0) is 22.6 Å². The van der Waals surface area contributed by atoms with Crippen molar-refractivity contribution in [2.75, 3.05) is 10.2 Å². The van der Waals surface area contributed by atoms with Crippen molar-refractivity contribution in [3.8, 4) is 11.5 Å². The summed E-state index contributed by atoms with van der Waals surface area (Å²) in [4.78, 5) is 39.4. The molecule has 0 atom stereocenters. The number of carbonyl (C=O) groups is 3. The zero-order chi connectivity index (χ0) is 28.1. The quantitative estimate of drug-likeness (QED) is 0.145. The second-order valence-electron chi connectivity index (χ2n) is 8.99. The third-order valence-corrected chi connectivity index (χ3v) is 6.65. The van der Waals surface area contributed by atoms with Crippen LogP contribution in [0.2, 0.25) is 0 Å². The smallest absolute Gasteiger partial charge is 0.343 e. The highest BCUT2D eigenvalue weighted by molar-refractivity contribution is 6.53. The first-order valence-corrected chi connectivity index (χ1v) is 13.0. The summed E-state index contributed by atoms with van der Waals surface area (Å²) >= 11 is 6.23. The SMILES string of the molecule is CCc1ccc(N2C(=O)C(Cl)=C(Nc3ccc(C(=O)Oc4ccc(OCc5ccccc5)cc4)cc3)C2=O)cc1. The lowest BCUT2D eigenvalue weighted by Crippen LogP contribution is -2.32. The van der Waals surface area contributed by atoms with Gasteiger partial charge in [-0.15, -0.1) is 0 Å². The molecule has 0 saturated heterocycles. The molecule has 0 aromatic heterocycles. The van der Waals surface area contributed by atoms with Gasteiger partial charge < -0.3 is 14.8 Å². The van der Waals surface area contributed by atoms with Crippen molar-refractivity contribution in [3.63, 3.8) is 0 Å². The number of halogens is 1. The largest absolute Gasteiger partial charge is 0.489 e. The molecule has 2 amide bonds. The Labute approximate surface area is 236 Å². The summed E-state index contributed by atoms with van der Waals surface area (Å²) in [5.41, 5.74) is 3.34. The van der Waals surface area contributed by atoms with Crippen molar-refractivity contribution in [2.24, 2.45) is 0 Å². The molecule has 7 nitrogen and oxygen atoms in total. The van der Waals surface area contributed by atoms with Crippen LogP contribution in [0.1, 0.15) is 28.4 Å². The van der Waals surface area contributed by atoms with Gasteiger partial charge in [0, 0.05) is 5.69 Å². The summed E-state index contributed by atoms with van der Waals surface area (Å²) in [5.74, 6) is -0.675. The fraction of sp³-hybridized carbons (Fsp3) is 0.0938. The van der Waals surface area contributed by atoms with E-state index in [4.69, 9.17) is 21.1 Å². The Morgan fingerprint density at radius 3 is 2.08 bits per heavy atom. The van der Waals surface area contributed by atoms with Crippen LogP contribution < -0.4 is 19.7 Å². The number of benzene rings is 4. The predicted octanol–water partition coefficient (Wildman–Crippen LogP) is 6.48. The molecule has 1 aliphatic rings. The monoisotopic (exact) mass is 552 g/mol. The molecule has 0 spiro atoms. The minimum Gasteiger partial charge on any atom is -0.489 e. The van der Waals surface area contributed by atoms with Crippen molar-refractivity contribution < 1.29 is 23.9 Å². The Morgan fingerprint density at radius 2 is 1.43 bits per heavy atom.